The molecule has 0 radical (unpaired) electrons. The molecule has 1 aliphatic carbocycles. The summed E-state index contributed by atoms with van der Waals surface area (Å²) in [5.74, 6) is 0. The van der Waals surface area contributed by atoms with Gasteiger partial charge in [0.25, 0.3) is 0 Å². The Labute approximate surface area is 84.3 Å². The number of hydrogen-bond donors (Lipinski definition) is 0. The van der Waals surface area contributed by atoms with Crippen LogP contribution in [-0.4, -0.2) is 0 Å². The Kier molecular flexibility index (Phi) is 14.9. The Morgan fingerprint density at radius 3 is 2.36 bits per heavy atom. The Morgan fingerprint density at radius 1 is 1.55 bits per heavy atom. The first kappa shape index (κ1) is 13.3. The molecule has 0 aromatic rings. The molecule has 0 nitrogen and oxygen atoms in total. The maximum Gasteiger partial charge on any atom is 2.00 e. The minimum atomic E-state index is 0. The van der Waals surface area contributed by atoms with Crippen LogP contribution in [-0.2, 0) is 21.7 Å². The third-order valence-electron chi connectivity index (χ3n) is 0.889. The minimum absolute atomic E-state index is 0. The normalized spacial score (nSPS) is 12.1. The van der Waals surface area contributed by atoms with E-state index in [4.69, 9.17) is 6.58 Å². The second kappa shape index (κ2) is 12.4. The van der Waals surface area contributed by atoms with Gasteiger partial charge in [0.15, 0.2) is 0 Å². The molecule has 0 fully saturated rings. The van der Waals surface area contributed by atoms with Crippen LogP contribution < -0.4 is 0 Å². The summed E-state index contributed by atoms with van der Waals surface area (Å²) in [4.78, 5) is 0. The Hall–Kier alpha value is -0.326. The first-order chi connectivity index (χ1) is 4.91. The van der Waals surface area contributed by atoms with Gasteiger partial charge < -0.3 is 0 Å². The Bertz CT molecular complexity index is 140. The molecule has 0 aliphatic heterocycles. The predicted molar refractivity (Wildman–Crippen MR) is 45.3 cm³/mol. The smallest absolute Gasteiger partial charge is 0.293 e. The first-order valence-electron chi connectivity index (χ1n) is 3.29. The summed E-state index contributed by atoms with van der Waals surface area (Å²) in [6, 6.07) is 0. The van der Waals surface area contributed by atoms with Gasteiger partial charge in [0.2, 0.25) is 0 Å². The third-order valence-corrected chi connectivity index (χ3v) is 0.889. The van der Waals surface area contributed by atoms with Crippen LogP contribution in [0.25, 0.3) is 0 Å². The van der Waals surface area contributed by atoms with Crippen molar-refractivity contribution in [1.29, 1.82) is 0 Å². The molecule has 0 aromatic carbocycles. The summed E-state index contributed by atoms with van der Waals surface area (Å²) in [6.07, 6.45) is 15.2. The Balaban J connectivity index is 0. The van der Waals surface area contributed by atoms with E-state index in [1.54, 1.807) is 6.08 Å². The second-order valence-electron chi connectivity index (χ2n) is 1.72. The molecule has 1 rings (SSSR count). The molecule has 0 spiro atoms. The molecule has 0 bridgehead atoms. The molecule has 0 heterocycles. The van der Waals surface area contributed by atoms with E-state index in [0.29, 0.717) is 0 Å². The van der Waals surface area contributed by atoms with Crippen LogP contribution in [0.3, 0.4) is 0 Å². The van der Waals surface area contributed by atoms with Crippen LogP contribution in [0.4, 0.5) is 0 Å². The topological polar surface area (TPSA) is 0 Å². The standard InChI is InChI=1S/C5H5.C5H7.Ti/c1-2-4-5-3-1;1-3-5-4-2;/h1-3H,4H2;1,3-5H,2H3;/q2*-1;+2/b;5-4+;. The molecule has 1 heteroatoms. The Morgan fingerprint density at radius 2 is 2.27 bits per heavy atom. The molecule has 0 aromatic heterocycles. The maximum atomic E-state index is 4.93. The monoisotopic (exact) mass is 180 g/mol. The van der Waals surface area contributed by atoms with Crippen molar-refractivity contribution >= 4 is 0 Å². The SMILES string of the molecule is [C-]1=CC=CC1.[CH-]=C/C=C/C.[Ti+2]. The van der Waals surface area contributed by atoms with Crippen LogP contribution in [0.2, 0.25) is 0 Å². The minimum Gasteiger partial charge on any atom is -0.293 e. The van der Waals surface area contributed by atoms with Crippen molar-refractivity contribution in [1.82, 2.24) is 0 Å². The third kappa shape index (κ3) is 12.8. The van der Waals surface area contributed by atoms with Crippen LogP contribution in [0.5, 0.6) is 0 Å². The van der Waals surface area contributed by atoms with E-state index in [2.05, 4.69) is 12.2 Å². The maximum absolute atomic E-state index is 4.93. The number of rotatable bonds is 1. The molecule has 0 saturated heterocycles. The quantitative estimate of drug-likeness (QED) is 0.330. The van der Waals surface area contributed by atoms with Crippen molar-refractivity contribution in [3.8, 4) is 0 Å². The van der Waals surface area contributed by atoms with Crippen molar-refractivity contribution < 1.29 is 21.7 Å². The zero-order chi connectivity index (χ0) is 7.66. The number of hydrogen-bond acceptors (Lipinski definition) is 0. The van der Waals surface area contributed by atoms with E-state index in [0.717, 1.165) is 6.42 Å². The van der Waals surface area contributed by atoms with Crippen LogP contribution in [0.15, 0.2) is 36.5 Å². The summed E-state index contributed by atoms with van der Waals surface area (Å²) in [6.45, 7) is 6.85. The fourth-order valence-corrected chi connectivity index (χ4v) is 0.451. The molecule has 0 unspecified atom stereocenters. The van der Waals surface area contributed by atoms with Gasteiger partial charge in [-0.3, -0.25) is 12.7 Å². The second-order valence-corrected chi connectivity index (χ2v) is 1.72. The van der Waals surface area contributed by atoms with Gasteiger partial charge in [0.05, 0.1) is 0 Å². The van der Waals surface area contributed by atoms with Gasteiger partial charge in [-0.25, -0.2) is 24.3 Å². The van der Waals surface area contributed by atoms with Crippen molar-refractivity contribution in [2.75, 3.05) is 0 Å². The van der Waals surface area contributed by atoms with Gasteiger partial charge in [-0.15, -0.1) is 6.42 Å². The van der Waals surface area contributed by atoms with Gasteiger partial charge in [0.1, 0.15) is 0 Å². The fourth-order valence-electron chi connectivity index (χ4n) is 0.451. The van der Waals surface area contributed by atoms with Crippen LogP contribution >= 0.6 is 0 Å². The van der Waals surface area contributed by atoms with Gasteiger partial charge in [0, 0.05) is 0 Å². The van der Waals surface area contributed by atoms with E-state index < -0.39 is 0 Å². The molecule has 1 aliphatic rings. The molecule has 56 valence electrons. The average molecular weight is 180 g/mol. The molecular formula is C10H12Ti. The molecular weight excluding hydrogens is 168 g/mol. The average Bonchev–Trinajstić information content (AvgIpc) is 2.44. The molecule has 0 N–H and O–H groups in total. The van der Waals surface area contributed by atoms with E-state index in [9.17, 15) is 0 Å². The fraction of sp³-hybridized carbons (Fsp3) is 0.200. The van der Waals surface area contributed by atoms with Crippen molar-refractivity contribution in [3.63, 3.8) is 0 Å². The first-order valence-corrected chi connectivity index (χ1v) is 3.29. The summed E-state index contributed by atoms with van der Waals surface area (Å²) in [5, 5.41) is 0. The van der Waals surface area contributed by atoms with E-state index in [1.807, 2.05) is 25.2 Å². The van der Waals surface area contributed by atoms with Crippen LogP contribution in [0, 0.1) is 12.7 Å². The van der Waals surface area contributed by atoms with Gasteiger partial charge in [-0.2, -0.15) is 12.2 Å². The van der Waals surface area contributed by atoms with E-state index >= 15 is 0 Å². The van der Waals surface area contributed by atoms with Crippen molar-refractivity contribution in [3.05, 3.63) is 49.1 Å². The van der Waals surface area contributed by atoms with E-state index in [1.165, 1.54) is 6.08 Å². The largest absolute Gasteiger partial charge is 2.00 e. The molecule has 0 amide bonds. The van der Waals surface area contributed by atoms with Crippen molar-refractivity contribution in [2.24, 2.45) is 0 Å². The molecule has 0 saturated carbocycles. The number of allylic oxidation sites excluding steroid dienone is 7. The van der Waals surface area contributed by atoms with Crippen molar-refractivity contribution in [2.45, 2.75) is 13.3 Å². The summed E-state index contributed by atoms with van der Waals surface area (Å²) < 4.78 is 0. The molecule has 11 heavy (non-hydrogen) atoms. The zero-order valence-corrected chi connectivity index (χ0v) is 8.31. The van der Waals surface area contributed by atoms with Gasteiger partial charge in [-0.1, -0.05) is 6.92 Å². The van der Waals surface area contributed by atoms with Gasteiger partial charge in [-0.05, 0) is 0 Å². The summed E-state index contributed by atoms with van der Waals surface area (Å²) in [5.41, 5.74) is 0. The predicted octanol–water partition coefficient (Wildman–Crippen LogP) is 2.85. The zero-order valence-electron chi connectivity index (χ0n) is 6.75. The van der Waals surface area contributed by atoms with E-state index in [-0.39, 0.29) is 21.7 Å². The summed E-state index contributed by atoms with van der Waals surface area (Å²) in [7, 11) is 0. The van der Waals surface area contributed by atoms with Crippen LogP contribution in [0.1, 0.15) is 13.3 Å². The van der Waals surface area contributed by atoms with Gasteiger partial charge >= 0.3 is 21.7 Å². The summed E-state index contributed by atoms with van der Waals surface area (Å²) >= 11 is 0. The molecule has 0 atom stereocenters.